The zero-order valence-electron chi connectivity index (χ0n) is 19.9. The topological polar surface area (TPSA) is 104 Å². The number of aryl methyl sites for hydroxylation is 1. The van der Waals surface area contributed by atoms with Crippen LogP contribution in [-0.2, 0) is 11.8 Å². The van der Waals surface area contributed by atoms with E-state index in [9.17, 15) is 13.6 Å². The number of amides is 1. The summed E-state index contributed by atoms with van der Waals surface area (Å²) in [5.74, 6) is -4.50. The van der Waals surface area contributed by atoms with E-state index in [0.717, 1.165) is 33.3 Å². The van der Waals surface area contributed by atoms with Crippen LogP contribution in [0.1, 0.15) is 24.3 Å². The Bertz CT molecular complexity index is 1600. The van der Waals surface area contributed by atoms with Gasteiger partial charge in [0.2, 0.25) is 11.8 Å². The van der Waals surface area contributed by atoms with Crippen molar-refractivity contribution in [3.63, 3.8) is 0 Å². The fourth-order valence-electron chi connectivity index (χ4n) is 5.18. The second kappa shape index (κ2) is 8.58. The molecule has 4 heterocycles. The Morgan fingerprint density at radius 1 is 1.00 bits per heavy atom. The molecule has 0 spiro atoms. The molecule has 10 heteroatoms. The number of nitrogens with two attached hydrogens (primary N) is 1. The maximum absolute atomic E-state index is 13.5. The van der Waals surface area contributed by atoms with Gasteiger partial charge in [-0.25, -0.2) is 13.3 Å². The molecule has 2 N–H and O–H groups in total. The van der Waals surface area contributed by atoms with Crippen molar-refractivity contribution in [2.45, 2.75) is 24.7 Å². The minimum atomic E-state index is -2.72. The van der Waals surface area contributed by atoms with Crippen LogP contribution < -0.4 is 5.73 Å². The number of nitrogens with zero attached hydrogens (tertiary/aromatic N) is 6. The highest BCUT2D eigenvalue weighted by Gasteiger charge is 2.50. The van der Waals surface area contributed by atoms with Crippen LogP contribution in [0.25, 0.3) is 39.0 Å². The summed E-state index contributed by atoms with van der Waals surface area (Å²) in [6.07, 6.45) is 11.7. The standard InChI is InChI=1S/C27H23F2N7O/c1-35-14-20(11-33-35)18-8-21(23-13-31-6-7-32-23)25-22(12-34-36(25)15-18)16-2-4-17(5-3-16)24(26(30)37)19-9-27(28,29)10-19/h2-8,11-15,19,24H,9-10H2,1H3,(H2,30,37). The Kier molecular flexibility index (Phi) is 5.32. The quantitative estimate of drug-likeness (QED) is 0.371. The maximum Gasteiger partial charge on any atom is 0.248 e. The van der Waals surface area contributed by atoms with Crippen molar-refractivity contribution in [1.82, 2.24) is 29.4 Å². The second-order valence-electron chi connectivity index (χ2n) is 9.51. The van der Waals surface area contributed by atoms with Gasteiger partial charge < -0.3 is 5.73 Å². The number of halogens is 2. The lowest BCUT2D eigenvalue weighted by Crippen LogP contribution is -2.42. The highest BCUT2D eigenvalue weighted by molar-refractivity contribution is 5.93. The van der Waals surface area contributed by atoms with Crippen molar-refractivity contribution in [1.29, 1.82) is 0 Å². The molecule has 5 aromatic rings. The van der Waals surface area contributed by atoms with E-state index >= 15 is 0 Å². The van der Waals surface area contributed by atoms with E-state index in [1.54, 1.807) is 52.3 Å². The van der Waals surface area contributed by atoms with Crippen LogP contribution in [0.2, 0.25) is 0 Å². The summed E-state index contributed by atoms with van der Waals surface area (Å²) in [4.78, 5) is 20.9. The third-order valence-corrected chi connectivity index (χ3v) is 6.97. The van der Waals surface area contributed by atoms with Gasteiger partial charge in [0.25, 0.3) is 0 Å². The van der Waals surface area contributed by atoms with Gasteiger partial charge in [0, 0.05) is 66.9 Å². The van der Waals surface area contributed by atoms with Crippen LogP contribution in [0.3, 0.4) is 0 Å². The summed E-state index contributed by atoms with van der Waals surface area (Å²) in [5.41, 5.74) is 12.2. The van der Waals surface area contributed by atoms with Gasteiger partial charge >= 0.3 is 0 Å². The average Bonchev–Trinajstić information content (AvgIpc) is 3.50. The SMILES string of the molecule is Cn1cc(-c2cc(-c3cnccn3)c3c(-c4ccc(C(C(N)=O)C5CC(F)(F)C5)cc4)cnn3c2)cn1. The minimum absolute atomic E-state index is 0.322. The minimum Gasteiger partial charge on any atom is -0.369 e. The van der Waals surface area contributed by atoms with Crippen molar-refractivity contribution >= 4 is 11.4 Å². The van der Waals surface area contributed by atoms with Crippen molar-refractivity contribution in [3.05, 3.63) is 79.3 Å². The molecule has 6 rings (SSSR count). The van der Waals surface area contributed by atoms with E-state index in [2.05, 4.69) is 20.2 Å². The first kappa shape index (κ1) is 23.0. The van der Waals surface area contributed by atoms with E-state index in [1.165, 1.54) is 0 Å². The van der Waals surface area contributed by atoms with Gasteiger partial charge in [-0.15, -0.1) is 0 Å². The molecule has 1 fully saturated rings. The van der Waals surface area contributed by atoms with Crippen LogP contribution in [0.15, 0.2) is 73.7 Å². The first-order valence-electron chi connectivity index (χ1n) is 11.8. The Hall–Kier alpha value is -4.47. The first-order valence-corrected chi connectivity index (χ1v) is 11.8. The van der Waals surface area contributed by atoms with Gasteiger partial charge in [-0.2, -0.15) is 10.2 Å². The van der Waals surface area contributed by atoms with Crippen molar-refractivity contribution in [2.75, 3.05) is 0 Å². The van der Waals surface area contributed by atoms with Crippen molar-refractivity contribution in [3.8, 4) is 33.5 Å². The monoisotopic (exact) mass is 499 g/mol. The van der Waals surface area contributed by atoms with Crippen molar-refractivity contribution < 1.29 is 13.6 Å². The highest BCUT2D eigenvalue weighted by Crippen LogP contribution is 2.49. The highest BCUT2D eigenvalue weighted by atomic mass is 19.3. The lowest BCUT2D eigenvalue weighted by Gasteiger charge is -2.39. The van der Waals surface area contributed by atoms with Crippen molar-refractivity contribution in [2.24, 2.45) is 18.7 Å². The van der Waals surface area contributed by atoms with Crippen LogP contribution in [0, 0.1) is 5.92 Å². The molecule has 0 radical (unpaired) electrons. The van der Waals surface area contributed by atoms with Crippen LogP contribution in [0.5, 0.6) is 0 Å². The number of hydrogen-bond acceptors (Lipinski definition) is 5. The number of fused-ring (bicyclic) bond motifs is 1. The molecule has 1 aliphatic carbocycles. The fourth-order valence-corrected chi connectivity index (χ4v) is 5.18. The third kappa shape index (κ3) is 4.14. The van der Waals surface area contributed by atoms with Gasteiger partial charge in [-0.1, -0.05) is 24.3 Å². The molecule has 1 aliphatic rings. The summed E-state index contributed by atoms with van der Waals surface area (Å²) in [5, 5.41) is 8.89. The molecular formula is C27H23F2N7O. The van der Waals surface area contributed by atoms with Gasteiger partial charge in [0.1, 0.15) is 0 Å². The molecule has 1 saturated carbocycles. The molecule has 8 nitrogen and oxygen atoms in total. The van der Waals surface area contributed by atoms with Crippen LogP contribution in [0.4, 0.5) is 8.78 Å². The Morgan fingerprint density at radius 2 is 1.78 bits per heavy atom. The molecule has 37 heavy (non-hydrogen) atoms. The maximum atomic E-state index is 13.5. The number of pyridine rings is 1. The van der Waals surface area contributed by atoms with Crippen LogP contribution in [-0.4, -0.2) is 41.2 Å². The number of primary amides is 1. The molecule has 4 aromatic heterocycles. The molecule has 1 amide bonds. The molecule has 1 aromatic carbocycles. The van der Waals surface area contributed by atoms with E-state index in [0.29, 0.717) is 11.3 Å². The van der Waals surface area contributed by atoms with E-state index < -0.39 is 23.7 Å². The molecule has 0 bridgehead atoms. The van der Waals surface area contributed by atoms with E-state index in [4.69, 9.17) is 5.73 Å². The first-order chi connectivity index (χ1) is 17.8. The van der Waals surface area contributed by atoms with Gasteiger partial charge in [0.15, 0.2) is 0 Å². The summed E-state index contributed by atoms with van der Waals surface area (Å²) < 4.78 is 30.5. The Morgan fingerprint density at radius 3 is 2.41 bits per heavy atom. The molecule has 186 valence electrons. The zero-order valence-corrected chi connectivity index (χ0v) is 19.9. The number of aromatic nitrogens is 6. The third-order valence-electron chi connectivity index (χ3n) is 6.97. The van der Waals surface area contributed by atoms with Gasteiger partial charge in [0.05, 0.1) is 35.7 Å². The lowest BCUT2D eigenvalue weighted by molar-refractivity contribution is -0.135. The number of carbonyl (C=O) groups excluding carboxylic acids is 1. The molecule has 1 atom stereocenters. The Labute approximate surface area is 210 Å². The van der Waals surface area contributed by atoms with E-state index in [1.807, 2.05) is 37.6 Å². The lowest BCUT2D eigenvalue weighted by atomic mass is 9.70. The predicted molar refractivity (Wildman–Crippen MR) is 133 cm³/mol. The van der Waals surface area contributed by atoms with E-state index in [-0.39, 0.29) is 12.8 Å². The molecule has 0 saturated heterocycles. The van der Waals surface area contributed by atoms with Gasteiger partial charge in [-0.3, -0.25) is 19.4 Å². The fraction of sp³-hybridized carbons (Fsp3) is 0.222. The number of rotatable bonds is 6. The summed E-state index contributed by atoms with van der Waals surface area (Å²) in [6, 6.07) is 9.35. The summed E-state index contributed by atoms with van der Waals surface area (Å²) >= 11 is 0. The Balaban J connectivity index is 1.43. The molecular weight excluding hydrogens is 476 g/mol. The summed E-state index contributed by atoms with van der Waals surface area (Å²) in [6.45, 7) is 0. The molecule has 1 unspecified atom stereocenters. The largest absolute Gasteiger partial charge is 0.369 e. The zero-order chi connectivity index (χ0) is 25.7. The number of benzene rings is 1. The predicted octanol–water partition coefficient (Wildman–Crippen LogP) is 4.47. The molecule has 0 aliphatic heterocycles. The smallest absolute Gasteiger partial charge is 0.248 e. The number of carbonyl (C=O) groups is 1. The van der Waals surface area contributed by atoms with Crippen LogP contribution >= 0.6 is 0 Å². The normalized spacial score (nSPS) is 16.0. The number of hydrogen-bond donors (Lipinski definition) is 1. The second-order valence-corrected chi connectivity index (χ2v) is 9.51. The summed E-state index contributed by atoms with van der Waals surface area (Å²) in [7, 11) is 1.86. The van der Waals surface area contributed by atoms with Gasteiger partial charge in [-0.05, 0) is 23.1 Å². The average molecular weight is 500 g/mol. The number of alkyl halides is 2.